The van der Waals surface area contributed by atoms with Crippen LogP contribution >= 0.6 is 23.1 Å². The average Bonchev–Trinajstić information content (AvgIpc) is 3.02. The number of hydrogen-bond donors (Lipinski definition) is 1. The Morgan fingerprint density at radius 1 is 1.22 bits per heavy atom. The maximum absolute atomic E-state index is 12.2. The fraction of sp³-hybridized carbons (Fsp3) is 0.800. The predicted octanol–water partition coefficient (Wildman–Crippen LogP) is 2.15. The zero-order valence-electron chi connectivity index (χ0n) is 13.7. The molecular formula is C15H25N5OS2. The topological polar surface area (TPSA) is 61.4 Å². The van der Waals surface area contributed by atoms with Crippen LogP contribution < -0.4 is 5.32 Å². The lowest BCUT2D eigenvalue weighted by Gasteiger charge is -2.32. The molecule has 6 nitrogen and oxygen atoms in total. The lowest BCUT2D eigenvalue weighted by atomic mass is 9.96. The van der Waals surface area contributed by atoms with Gasteiger partial charge in [-0.15, -0.1) is 10.2 Å². The lowest BCUT2D eigenvalue weighted by Crippen LogP contribution is -2.47. The Morgan fingerprint density at radius 2 is 1.96 bits per heavy atom. The van der Waals surface area contributed by atoms with Crippen molar-refractivity contribution in [1.29, 1.82) is 0 Å². The summed E-state index contributed by atoms with van der Waals surface area (Å²) in [5.41, 5.74) is 0. The highest BCUT2D eigenvalue weighted by atomic mass is 32.2. The molecule has 1 aromatic heterocycles. The van der Waals surface area contributed by atoms with Crippen LogP contribution in [-0.2, 0) is 4.79 Å². The average molecular weight is 356 g/mol. The van der Waals surface area contributed by atoms with Gasteiger partial charge in [0, 0.05) is 32.2 Å². The summed E-state index contributed by atoms with van der Waals surface area (Å²) in [4.78, 5) is 16.4. The molecule has 1 aliphatic heterocycles. The van der Waals surface area contributed by atoms with Gasteiger partial charge >= 0.3 is 0 Å². The van der Waals surface area contributed by atoms with Crippen LogP contribution in [0, 0.1) is 0 Å². The van der Waals surface area contributed by atoms with E-state index in [1.807, 2.05) is 4.90 Å². The Bertz CT molecular complexity index is 510. The van der Waals surface area contributed by atoms with Crippen molar-refractivity contribution >= 4 is 34.1 Å². The normalized spacial score (nSPS) is 20.7. The molecule has 2 heterocycles. The number of rotatable bonds is 5. The Kier molecular flexibility index (Phi) is 6.13. The van der Waals surface area contributed by atoms with E-state index in [2.05, 4.69) is 27.5 Å². The first-order valence-corrected chi connectivity index (χ1v) is 10.2. The maximum Gasteiger partial charge on any atom is 0.233 e. The van der Waals surface area contributed by atoms with Crippen molar-refractivity contribution in [3.05, 3.63) is 0 Å². The van der Waals surface area contributed by atoms with Crippen molar-refractivity contribution in [3.63, 3.8) is 0 Å². The van der Waals surface area contributed by atoms with Crippen molar-refractivity contribution in [2.75, 3.05) is 44.3 Å². The van der Waals surface area contributed by atoms with Gasteiger partial charge < -0.3 is 15.1 Å². The van der Waals surface area contributed by atoms with Crippen LogP contribution in [0.5, 0.6) is 0 Å². The number of amides is 1. The molecule has 8 heteroatoms. The van der Waals surface area contributed by atoms with Gasteiger partial charge in [0.25, 0.3) is 0 Å². The highest BCUT2D eigenvalue weighted by Crippen LogP contribution is 2.28. The van der Waals surface area contributed by atoms with Gasteiger partial charge in [-0.3, -0.25) is 4.79 Å². The van der Waals surface area contributed by atoms with E-state index in [-0.39, 0.29) is 5.91 Å². The molecule has 23 heavy (non-hydrogen) atoms. The second-order valence-electron chi connectivity index (χ2n) is 6.33. The molecule has 0 bridgehead atoms. The van der Waals surface area contributed by atoms with Gasteiger partial charge in [-0.2, -0.15) is 0 Å². The van der Waals surface area contributed by atoms with Gasteiger partial charge in [-0.1, -0.05) is 42.4 Å². The van der Waals surface area contributed by atoms with Crippen LogP contribution in [0.2, 0.25) is 0 Å². The van der Waals surface area contributed by atoms with E-state index in [0.717, 1.165) is 35.7 Å². The summed E-state index contributed by atoms with van der Waals surface area (Å²) in [5, 5.41) is 12.8. The van der Waals surface area contributed by atoms with Gasteiger partial charge in [0.1, 0.15) is 0 Å². The summed E-state index contributed by atoms with van der Waals surface area (Å²) in [6.45, 7) is 3.59. The second kappa shape index (κ2) is 8.30. The SMILES string of the molecule is CN1CCN(C(=O)CSc2nnc(NC3CCCCC3)s2)CC1. The second-order valence-corrected chi connectivity index (χ2v) is 8.53. The third-order valence-corrected chi connectivity index (χ3v) is 6.49. The Balaban J connectivity index is 1.42. The van der Waals surface area contributed by atoms with Crippen molar-refractivity contribution in [2.45, 2.75) is 42.5 Å². The number of nitrogens with zero attached hydrogens (tertiary/aromatic N) is 4. The first-order chi connectivity index (χ1) is 11.2. The van der Waals surface area contributed by atoms with E-state index in [1.165, 1.54) is 43.9 Å². The molecule has 0 spiro atoms. The van der Waals surface area contributed by atoms with Gasteiger partial charge in [-0.05, 0) is 19.9 Å². The van der Waals surface area contributed by atoms with Crippen LogP contribution in [0.3, 0.4) is 0 Å². The van der Waals surface area contributed by atoms with Crippen LogP contribution in [0.1, 0.15) is 32.1 Å². The fourth-order valence-electron chi connectivity index (χ4n) is 3.02. The summed E-state index contributed by atoms with van der Waals surface area (Å²) in [6, 6.07) is 0.543. The first kappa shape index (κ1) is 17.0. The Hall–Kier alpha value is -0.860. The number of piperazine rings is 1. The first-order valence-electron chi connectivity index (χ1n) is 8.40. The highest BCUT2D eigenvalue weighted by molar-refractivity contribution is 8.01. The third kappa shape index (κ3) is 5.06. The fourth-order valence-corrected chi connectivity index (χ4v) is 4.75. The molecule has 1 saturated carbocycles. The molecule has 2 fully saturated rings. The van der Waals surface area contributed by atoms with Crippen molar-refractivity contribution in [3.8, 4) is 0 Å². The summed E-state index contributed by atoms with van der Waals surface area (Å²) < 4.78 is 0.880. The molecule has 2 aliphatic rings. The summed E-state index contributed by atoms with van der Waals surface area (Å²) in [6.07, 6.45) is 6.41. The van der Waals surface area contributed by atoms with Crippen LogP contribution in [0.4, 0.5) is 5.13 Å². The summed E-state index contributed by atoms with van der Waals surface area (Å²) in [5.74, 6) is 0.669. The van der Waals surface area contributed by atoms with E-state index >= 15 is 0 Å². The Labute approximate surface area is 146 Å². The minimum Gasteiger partial charge on any atom is -0.357 e. The molecule has 1 N–H and O–H groups in total. The summed E-state index contributed by atoms with van der Waals surface area (Å²) >= 11 is 3.07. The van der Waals surface area contributed by atoms with Crippen LogP contribution in [0.15, 0.2) is 4.34 Å². The van der Waals surface area contributed by atoms with Crippen LogP contribution in [-0.4, -0.2) is 70.9 Å². The number of anilines is 1. The molecule has 128 valence electrons. The number of hydrogen-bond acceptors (Lipinski definition) is 7. The summed E-state index contributed by atoms with van der Waals surface area (Å²) in [7, 11) is 2.10. The quantitative estimate of drug-likeness (QED) is 0.817. The molecule has 1 aromatic rings. The van der Waals surface area contributed by atoms with Crippen molar-refractivity contribution < 1.29 is 4.79 Å². The number of likely N-dealkylation sites (N-methyl/N-ethyl adjacent to an activating group) is 1. The van der Waals surface area contributed by atoms with Gasteiger partial charge in [0.15, 0.2) is 4.34 Å². The number of carbonyl (C=O) groups is 1. The van der Waals surface area contributed by atoms with Gasteiger partial charge in [0.05, 0.1) is 5.75 Å². The van der Waals surface area contributed by atoms with Gasteiger partial charge in [-0.25, -0.2) is 0 Å². The molecule has 1 amide bonds. The van der Waals surface area contributed by atoms with Crippen LogP contribution in [0.25, 0.3) is 0 Å². The number of aromatic nitrogens is 2. The Morgan fingerprint density at radius 3 is 2.70 bits per heavy atom. The third-order valence-electron chi connectivity index (χ3n) is 4.51. The highest BCUT2D eigenvalue weighted by Gasteiger charge is 2.20. The van der Waals surface area contributed by atoms with E-state index in [9.17, 15) is 4.79 Å². The molecule has 0 unspecified atom stereocenters. The maximum atomic E-state index is 12.2. The molecular weight excluding hydrogens is 330 g/mol. The zero-order chi connectivity index (χ0) is 16.1. The monoisotopic (exact) mass is 355 g/mol. The van der Waals surface area contributed by atoms with Crippen molar-refractivity contribution in [2.24, 2.45) is 0 Å². The van der Waals surface area contributed by atoms with E-state index in [0.29, 0.717) is 11.8 Å². The van der Waals surface area contributed by atoms with Crippen molar-refractivity contribution in [1.82, 2.24) is 20.0 Å². The zero-order valence-corrected chi connectivity index (χ0v) is 15.3. The smallest absolute Gasteiger partial charge is 0.233 e. The number of nitrogens with one attached hydrogen (secondary N) is 1. The molecule has 3 rings (SSSR count). The predicted molar refractivity (Wildman–Crippen MR) is 95.2 cm³/mol. The largest absolute Gasteiger partial charge is 0.357 e. The minimum absolute atomic E-state index is 0.208. The molecule has 0 radical (unpaired) electrons. The van der Waals surface area contributed by atoms with Gasteiger partial charge in [0.2, 0.25) is 11.0 Å². The molecule has 0 aromatic carbocycles. The standard InChI is InChI=1S/C15H25N5OS2/c1-19-7-9-20(10-8-19)13(21)11-22-15-18-17-14(23-15)16-12-5-3-2-4-6-12/h12H,2-11H2,1H3,(H,16,17). The van der Waals surface area contributed by atoms with E-state index in [1.54, 1.807) is 11.3 Å². The van der Waals surface area contributed by atoms with E-state index in [4.69, 9.17) is 0 Å². The number of thioether (sulfide) groups is 1. The molecule has 0 atom stereocenters. The molecule has 1 saturated heterocycles. The van der Waals surface area contributed by atoms with E-state index < -0.39 is 0 Å². The lowest BCUT2D eigenvalue weighted by molar-refractivity contribution is -0.129. The molecule has 1 aliphatic carbocycles. The number of carbonyl (C=O) groups excluding carboxylic acids is 1. The minimum atomic E-state index is 0.208.